The van der Waals surface area contributed by atoms with Gasteiger partial charge in [-0.05, 0) is 44.3 Å². The van der Waals surface area contributed by atoms with Gasteiger partial charge in [0.05, 0.1) is 6.67 Å². The molecule has 0 N–H and O–H groups in total. The van der Waals surface area contributed by atoms with Crippen LogP contribution in [0.3, 0.4) is 0 Å². The third-order valence-electron chi connectivity index (χ3n) is 5.95. The van der Waals surface area contributed by atoms with Crippen molar-refractivity contribution in [3.05, 3.63) is 35.9 Å². The third-order valence-corrected chi connectivity index (χ3v) is 7.66. The minimum absolute atomic E-state index is 0.575. The Kier molecular flexibility index (Phi) is 6.04. The quantitative estimate of drug-likeness (QED) is 0.527. The van der Waals surface area contributed by atoms with Crippen LogP contribution >= 0.6 is 0 Å². The van der Waals surface area contributed by atoms with Crippen LogP contribution in [0.4, 0.5) is 0 Å². The highest BCUT2D eigenvalue weighted by Gasteiger charge is 2.46. The first-order valence-corrected chi connectivity index (χ1v) is 13.6. The van der Waals surface area contributed by atoms with Crippen LogP contribution in [0.1, 0.15) is 31.2 Å². The molecular formula is C21H36N2OSi. The summed E-state index contributed by atoms with van der Waals surface area (Å²) in [5.41, 5.74) is 1.49. The normalized spacial score (nSPS) is 29.1. The molecule has 1 aromatic carbocycles. The predicted molar refractivity (Wildman–Crippen MR) is 109 cm³/mol. The van der Waals surface area contributed by atoms with Gasteiger partial charge in [-0.2, -0.15) is 0 Å². The molecule has 1 saturated carbocycles. The Hall–Kier alpha value is -0.683. The van der Waals surface area contributed by atoms with E-state index in [0.717, 1.165) is 25.9 Å². The van der Waals surface area contributed by atoms with Crippen molar-refractivity contribution < 1.29 is 4.74 Å². The SMILES string of the molecule is CC1C(c2ccccc2)C(C2CC2)N(COCC[Si](C)(C)C)CN1C. The summed E-state index contributed by atoms with van der Waals surface area (Å²) in [6.07, 6.45) is 2.77. The Balaban J connectivity index is 1.71. The summed E-state index contributed by atoms with van der Waals surface area (Å²) < 4.78 is 6.16. The second-order valence-electron chi connectivity index (χ2n) is 9.34. The minimum atomic E-state index is -1.02. The van der Waals surface area contributed by atoms with Gasteiger partial charge in [0.2, 0.25) is 0 Å². The molecule has 3 atom stereocenters. The zero-order chi connectivity index (χ0) is 18.0. The van der Waals surface area contributed by atoms with Crippen molar-refractivity contribution in [1.29, 1.82) is 0 Å². The largest absolute Gasteiger partial charge is 0.366 e. The molecule has 0 radical (unpaired) electrons. The van der Waals surface area contributed by atoms with Gasteiger partial charge in [0.1, 0.15) is 6.73 Å². The Morgan fingerprint density at radius 3 is 2.40 bits per heavy atom. The van der Waals surface area contributed by atoms with Crippen LogP contribution in [0.25, 0.3) is 0 Å². The Morgan fingerprint density at radius 2 is 1.80 bits per heavy atom. The maximum atomic E-state index is 6.16. The zero-order valence-electron chi connectivity index (χ0n) is 16.7. The molecule has 3 nitrogen and oxygen atoms in total. The van der Waals surface area contributed by atoms with Crippen molar-refractivity contribution in [3.8, 4) is 0 Å². The van der Waals surface area contributed by atoms with Crippen LogP contribution < -0.4 is 0 Å². The van der Waals surface area contributed by atoms with Gasteiger partial charge in [0.15, 0.2) is 0 Å². The molecule has 4 heteroatoms. The molecule has 3 unspecified atom stereocenters. The molecule has 2 fully saturated rings. The molecule has 2 aliphatic rings. The smallest absolute Gasteiger partial charge is 0.100 e. The highest BCUT2D eigenvalue weighted by atomic mass is 28.3. The number of nitrogens with zero attached hydrogens (tertiary/aromatic N) is 2. The number of ether oxygens (including phenoxy) is 1. The van der Waals surface area contributed by atoms with Gasteiger partial charge in [-0.15, -0.1) is 0 Å². The molecule has 0 aromatic heterocycles. The van der Waals surface area contributed by atoms with Gasteiger partial charge in [-0.25, -0.2) is 0 Å². The van der Waals surface area contributed by atoms with Gasteiger partial charge in [-0.3, -0.25) is 9.80 Å². The van der Waals surface area contributed by atoms with Gasteiger partial charge in [0, 0.05) is 32.7 Å². The molecular weight excluding hydrogens is 324 g/mol. The number of benzene rings is 1. The van der Waals surface area contributed by atoms with E-state index in [2.05, 4.69) is 73.7 Å². The lowest BCUT2D eigenvalue weighted by atomic mass is 9.80. The van der Waals surface area contributed by atoms with Crippen molar-refractivity contribution in [2.45, 2.75) is 63.5 Å². The van der Waals surface area contributed by atoms with E-state index >= 15 is 0 Å². The van der Waals surface area contributed by atoms with Crippen LogP contribution in [0, 0.1) is 5.92 Å². The van der Waals surface area contributed by atoms with E-state index in [1.807, 2.05) is 0 Å². The van der Waals surface area contributed by atoms with E-state index in [1.165, 1.54) is 24.4 Å². The lowest BCUT2D eigenvalue weighted by Crippen LogP contribution is -2.58. The van der Waals surface area contributed by atoms with E-state index < -0.39 is 8.07 Å². The summed E-state index contributed by atoms with van der Waals surface area (Å²) in [5, 5.41) is 0. The average molecular weight is 361 g/mol. The highest BCUT2D eigenvalue weighted by Crippen LogP contribution is 2.46. The van der Waals surface area contributed by atoms with Crippen molar-refractivity contribution in [1.82, 2.24) is 9.80 Å². The van der Waals surface area contributed by atoms with E-state index in [4.69, 9.17) is 4.74 Å². The fraction of sp³-hybridized carbons (Fsp3) is 0.714. The standard InChI is InChI=1S/C21H36N2OSi/c1-17-20(18-9-7-6-8-10-18)21(19-11-12-19)23(15-22(17)2)16-24-13-14-25(3,4)5/h6-10,17,19-21H,11-16H2,1-5H3. The fourth-order valence-corrected chi connectivity index (χ4v) is 4.92. The molecule has 0 amide bonds. The molecule has 1 saturated heterocycles. The summed E-state index contributed by atoms with van der Waals surface area (Å²) in [4.78, 5) is 5.11. The summed E-state index contributed by atoms with van der Waals surface area (Å²) in [5.74, 6) is 1.43. The number of hydrogen-bond donors (Lipinski definition) is 0. The van der Waals surface area contributed by atoms with Crippen LogP contribution in [-0.4, -0.2) is 57.0 Å². The number of hydrogen-bond acceptors (Lipinski definition) is 3. The molecule has 1 aromatic rings. The molecule has 0 spiro atoms. The first-order chi connectivity index (χ1) is 11.9. The Labute approximate surface area is 155 Å². The summed E-state index contributed by atoms with van der Waals surface area (Å²) >= 11 is 0. The predicted octanol–water partition coefficient (Wildman–Crippen LogP) is 4.45. The maximum Gasteiger partial charge on any atom is 0.100 e. The summed E-state index contributed by atoms with van der Waals surface area (Å²) in [6.45, 7) is 12.4. The molecule has 0 bridgehead atoms. The molecule has 1 aliphatic carbocycles. The molecule has 1 heterocycles. The molecule has 25 heavy (non-hydrogen) atoms. The first-order valence-electron chi connectivity index (χ1n) is 9.94. The van der Waals surface area contributed by atoms with Gasteiger partial charge < -0.3 is 4.74 Å². The van der Waals surface area contributed by atoms with E-state index in [1.54, 1.807) is 0 Å². The van der Waals surface area contributed by atoms with E-state index in [0.29, 0.717) is 18.0 Å². The lowest BCUT2D eigenvalue weighted by molar-refractivity contribution is -0.0748. The second kappa shape index (κ2) is 7.91. The van der Waals surface area contributed by atoms with Gasteiger partial charge in [0.25, 0.3) is 0 Å². The fourth-order valence-electron chi connectivity index (χ4n) is 4.16. The topological polar surface area (TPSA) is 15.7 Å². The van der Waals surface area contributed by atoms with Crippen molar-refractivity contribution in [2.75, 3.05) is 27.1 Å². The van der Waals surface area contributed by atoms with Crippen LogP contribution in [0.2, 0.25) is 25.7 Å². The van der Waals surface area contributed by atoms with Gasteiger partial charge >= 0.3 is 0 Å². The lowest BCUT2D eigenvalue weighted by Gasteiger charge is -2.49. The van der Waals surface area contributed by atoms with Crippen molar-refractivity contribution in [3.63, 3.8) is 0 Å². The molecule has 140 valence electrons. The van der Waals surface area contributed by atoms with Crippen molar-refractivity contribution in [2.24, 2.45) is 5.92 Å². The van der Waals surface area contributed by atoms with Crippen molar-refractivity contribution >= 4 is 8.07 Å². The van der Waals surface area contributed by atoms with Crippen LogP contribution in [-0.2, 0) is 4.74 Å². The Morgan fingerprint density at radius 1 is 1.12 bits per heavy atom. The third kappa shape index (κ3) is 4.94. The van der Waals surface area contributed by atoms with E-state index in [9.17, 15) is 0 Å². The Bertz CT molecular complexity index is 541. The maximum absolute atomic E-state index is 6.16. The minimum Gasteiger partial charge on any atom is -0.366 e. The summed E-state index contributed by atoms with van der Waals surface area (Å²) in [6, 6.07) is 13.6. The summed E-state index contributed by atoms with van der Waals surface area (Å²) in [7, 11) is 1.25. The van der Waals surface area contributed by atoms with Gasteiger partial charge in [-0.1, -0.05) is 50.0 Å². The molecule has 1 aliphatic heterocycles. The second-order valence-corrected chi connectivity index (χ2v) is 15.0. The number of likely N-dealkylation sites (N-methyl/N-ethyl adjacent to an activating group) is 1. The zero-order valence-corrected chi connectivity index (χ0v) is 17.7. The molecule has 3 rings (SSSR count). The van der Waals surface area contributed by atoms with Crippen LogP contribution in [0.5, 0.6) is 0 Å². The average Bonchev–Trinajstić information content (AvgIpc) is 3.39. The van der Waals surface area contributed by atoms with Crippen LogP contribution in [0.15, 0.2) is 30.3 Å². The highest BCUT2D eigenvalue weighted by molar-refractivity contribution is 6.76. The number of rotatable bonds is 7. The first kappa shape index (κ1) is 19.1. The van der Waals surface area contributed by atoms with E-state index in [-0.39, 0.29) is 0 Å². The monoisotopic (exact) mass is 360 g/mol.